The van der Waals surface area contributed by atoms with Crippen LogP contribution in [-0.2, 0) is 6.54 Å². The quantitative estimate of drug-likeness (QED) is 0.323. The second kappa shape index (κ2) is 10.9. The zero-order chi connectivity index (χ0) is 19.1. The number of guanidine groups is 1. The van der Waals surface area contributed by atoms with Gasteiger partial charge in [0, 0.05) is 12.1 Å². The molecule has 1 atom stereocenters. The van der Waals surface area contributed by atoms with Gasteiger partial charge in [-0.05, 0) is 37.6 Å². The van der Waals surface area contributed by atoms with Gasteiger partial charge in [0.25, 0.3) is 0 Å². The lowest BCUT2D eigenvalue weighted by Crippen LogP contribution is -2.38. The highest BCUT2D eigenvalue weighted by molar-refractivity contribution is 14.0. The Morgan fingerprint density at radius 1 is 1.22 bits per heavy atom. The number of aliphatic imine (C=N–C) groups is 1. The molecule has 0 spiro atoms. The molecule has 2 aromatic carbocycles. The monoisotopic (exact) mass is 491 g/mol. The standard InChI is InChI=1S/C19H23F2N3O2.HI/c1-4-22-19(23-11-14-6-5-7-17(26-3)18(14)25)24-12(2)13-8-9-15(20)16(21)10-13;/h5-10,12,25H,4,11H2,1-3H3,(H2,22,23,24);1H. The summed E-state index contributed by atoms with van der Waals surface area (Å²) < 4.78 is 31.6. The van der Waals surface area contributed by atoms with E-state index in [1.54, 1.807) is 18.2 Å². The fraction of sp³-hybridized carbons (Fsp3) is 0.316. The summed E-state index contributed by atoms with van der Waals surface area (Å²) in [7, 11) is 1.48. The number of hydrogen-bond acceptors (Lipinski definition) is 3. The number of ether oxygens (including phenoxy) is 1. The number of phenols is 1. The van der Waals surface area contributed by atoms with Crippen LogP contribution in [0.1, 0.15) is 31.0 Å². The molecule has 3 N–H and O–H groups in total. The number of halogens is 3. The van der Waals surface area contributed by atoms with E-state index in [4.69, 9.17) is 4.74 Å². The average molecular weight is 491 g/mol. The first-order chi connectivity index (χ1) is 12.5. The minimum atomic E-state index is -0.889. The molecule has 5 nitrogen and oxygen atoms in total. The maximum atomic E-state index is 13.4. The van der Waals surface area contributed by atoms with Gasteiger partial charge < -0.3 is 20.5 Å². The molecule has 0 radical (unpaired) electrons. The number of phenolic OH excluding ortho intramolecular Hbond substituents is 1. The Morgan fingerprint density at radius 3 is 2.59 bits per heavy atom. The van der Waals surface area contributed by atoms with Gasteiger partial charge in [-0.3, -0.25) is 0 Å². The summed E-state index contributed by atoms with van der Waals surface area (Å²) in [5.41, 5.74) is 1.21. The molecular formula is C19H24F2IN3O2. The van der Waals surface area contributed by atoms with Gasteiger partial charge in [0.15, 0.2) is 29.1 Å². The predicted octanol–water partition coefficient (Wildman–Crippen LogP) is 4.11. The number of nitrogens with zero attached hydrogens (tertiary/aromatic N) is 1. The van der Waals surface area contributed by atoms with Gasteiger partial charge >= 0.3 is 0 Å². The zero-order valence-corrected chi connectivity index (χ0v) is 17.8. The molecule has 8 heteroatoms. The first kappa shape index (κ1) is 22.9. The van der Waals surface area contributed by atoms with Crippen LogP contribution in [0.3, 0.4) is 0 Å². The predicted molar refractivity (Wildman–Crippen MR) is 113 cm³/mol. The summed E-state index contributed by atoms with van der Waals surface area (Å²) >= 11 is 0. The smallest absolute Gasteiger partial charge is 0.192 e. The van der Waals surface area contributed by atoms with Gasteiger partial charge in [-0.2, -0.15) is 0 Å². The van der Waals surface area contributed by atoms with E-state index >= 15 is 0 Å². The van der Waals surface area contributed by atoms with E-state index in [-0.39, 0.29) is 42.3 Å². The van der Waals surface area contributed by atoms with Crippen LogP contribution in [-0.4, -0.2) is 24.7 Å². The van der Waals surface area contributed by atoms with E-state index in [0.29, 0.717) is 29.4 Å². The van der Waals surface area contributed by atoms with Gasteiger partial charge in [-0.1, -0.05) is 18.2 Å². The molecule has 0 amide bonds. The van der Waals surface area contributed by atoms with Crippen molar-refractivity contribution in [2.75, 3.05) is 13.7 Å². The maximum absolute atomic E-state index is 13.4. The van der Waals surface area contributed by atoms with E-state index < -0.39 is 11.6 Å². The van der Waals surface area contributed by atoms with Gasteiger partial charge in [0.2, 0.25) is 0 Å². The highest BCUT2D eigenvalue weighted by Gasteiger charge is 2.12. The molecule has 0 aliphatic carbocycles. The van der Waals surface area contributed by atoms with Crippen LogP contribution in [0.25, 0.3) is 0 Å². The summed E-state index contributed by atoms with van der Waals surface area (Å²) in [6, 6.07) is 8.68. The molecule has 2 rings (SSSR count). The van der Waals surface area contributed by atoms with Crippen molar-refractivity contribution in [2.24, 2.45) is 4.99 Å². The SMILES string of the molecule is CCNC(=NCc1cccc(OC)c1O)NC(C)c1ccc(F)c(F)c1.I. The number of rotatable bonds is 6. The largest absolute Gasteiger partial charge is 0.504 e. The molecule has 0 saturated carbocycles. The van der Waals surface area contributed by atoms with E-state index in [0.717, 1.165) is 12.1 Å². The number of para-hydroxylation sites is 1. The second-order valence-electron chi connectivity index (χ2n) is 5.70. The Balaban J connectivity index is 0.00000364. The van der Waals surface area contributed by atoms with Gasteiger partial charge in [-0.15, -0.1) is 24.0 Å². The summed E-state index contributed by atoms with van der Waals surface area (Å²) in [6.07, 6.45) is 0. The molecule has 0 heterocycles. The fourth-order valence-corrected chi connectivity index (χ4v) is 2.41. The molecule has 0 aliphatic heterocycles. The zero-order valence-electron chi connectivity index (χ0n) is 15.4. The molecule has 148 valence electrons. The molecule has 0 aromatic heterocycles. The lowest BCUT2D eigenvalue weighted by Gasteiger charge is -2.18. The average Bonchev–Trinajstić information content (AvgIpc) is 2.63. The molecule has 1 unspecified atom stereocenters. The Bertz CT molecular complexity index is 788. The van der Waals surface area contributed by atoms with E-state index in [1.807, 2.05) is 13.8 Å². The van der Waals surface area contributed by atoms with Gasteiger partial charge in [0.05, 0.1) is 19.7 Å². The molecule has 2 aromatic rings. The van der Waals surface area contributed by atoms with Crippen LogP contribution in [0.4, 0.5) is 8.78 Å². The molecular weight excluding hydrogens is 467 g/mol. The van der Waals surface area contributed by atoms with E-state index in [1.165, 1.54) is 13.2 Å². The van der Waals surface area contributed by atoms with Crippen molar-refractivity contribution in [1.82, 2.24) is 10.6 Å². The lowest BCUT2D eigenvalue weighted by atomic mass is 10.1. The number of nitrogens with one attached hydrogen (secondary N) is 2. The number of benzene rings is 2. The summed E-state index contributed by atoms with van der Waals surface area (Å²) in [6.45, 7) is 4.59. The number of methoxy groups -OCH3 is 1. The van der Waals surface area contributed by atoms with Crippen LogP contribution in [0.5, 0.6) is 11.5 Å². The van der Waals surface area contributed by atoms with Crippen molar-refractivity contribution in [3.05, 3.63) is 59.2 Å². The maximum Gasteiger partial charge on any atom is 0.192 e. The van der Waals surface area contributed by atoms with Crippen molar-refractivity contribution >= 4 is 29.9 Å². The minimum Gasteiger partial charge on any atom is -0.504 e. The topological polar surface area (TPSA) is 65.9 Å². The van der Waals surface area contributed by atoms with E-state index in [9.17, 15) is 13.9 Å². The Kier molecular flexibility index (Phi) is 9.27. The van der Waals surface area contributed by atoms with Crippen molar-refractivity contribution in [2.45, 2.75) is 26.4 Å². The third-order valence-electron chi connectivity index (χ3n) is 3.85. The fourth-order valence-electron chi connectivity index (χ4n) is 2.41. The highest BCUT2D eigenvalue weighted by atomic mass is 127. The molecule has 0 bridgehead atoms. The normalized spacial score (nSPS) is 12.1. The molecule has 27 heavy (non-hydrogen) atoms. The van der Waals surface area contributed by atoms with Crippen LogP contribution >= 0.6 is 24.0 Å². The molecule has 0 saturated heterocycles. The molecule has 0 aliphatic rings. The van der Waals surface area contributed by atoms with Crippen molar-refractivity contribution < 1.29 is 18.6 Å². The Hall–Kier alpha value is -2.10. The highest BCUT2D eigenvalue weighted by Crippen LogP contribution is 2.29. The van der Waals surface area contributed by atoms with E-state index in [2.05, 4.69) is 15.6 Å². The van der Waals surface area contributed by atoms with Crippen molar-refractivity contribution in [3.63, 3.8) is 0 Å². The van der Waals surface area contributed by atoms with Crippen LogP contribution < -0.4 is 15.4 Å². The summed E-state index contributed by atoms with van der Waals surface area (Å²) in [5.74, 6) is -0.851. The van der Waals surface area contributed by atoms with Crippen molar-refractivity contribution in [3.8, 4) is 11.5 Å². The van der Waals surface area contributed by atoms with Crippen LogP contribution in [0, 0.1) is 11.6 Å². The Morgan fingerprint density at radius 2 is 1.96 bits per heavy atom. The minimum absolute atomic E-state index is 0. The Labute approximate surface area is 174 Å². The first-order valence-electron chi connectivity index (χ1n) is 8.30. The second-order valence-corrected chi connectivity index (χ2v) is 5.70. The summed E-state index contributed by atoms with van der Waals surface area (Å²) in [4.78, 5) is 4.44. The third-order valence-corrected chi connectivity index (χ3v) is 3.85. The van der Waals surface area contributed by atoms with Crippen LogP contribution in [0.15, 0.2) is 41.4 Å². The summed E-state index contributed by atoms with van der Waals surface area (Å²) in [5, 5.41) is 16.4. The van der Waals surface area contributed by atoms with Gasteiger partial charge in [0.1, 0.15) is 0 Å². The number of hydrogen-bond donors (Lipinski definition) is 3. The lowest BCUT2D eigenvalue weighted by molar-refractivity contribution is 0.370. The van der Waals surface area contributed by atoms with Crippen molar-refractivity contribution in [1.29, 1.82) is 0 Å². The van der Waals surface area contributed by atoms with Crippen LogP contribution in [0.2, 0.25) is 0 Å². The first-order valence-corrected chi connectivity index (χ1v) is 8.30. The molecule has 0 fully saturated rings. The number of aromatic hydroxyl groups is 1. The third kappa shape index (κ3) is 6.23. The van der Waals surface area contributed by atoms with Gasteiger partial charge in [-0.25, -0.2) is 13.8 Å².